The Kier molecular flexibility index (Phi) is 5.09. The lowest BCUT2D eigenvalue weighted by molar-refractivity contribution is -0.130. The number of rotatable bonds is 4. The van der Waals surface area contributed by atoms with Crippen molar-refractivity contribution in [3.05, 3.63) is 0 Å². The molecule has 0 radical (unpaired) electrons. The molecule has 1 heterocycles. The minimum atomic E-state index is 0.338. The molecule has 1 aliphatic heterocycles. The van der Waals surface area contributed by atoms with E-state index in [1.54, 1.807) is 0 Å². The van der Waals surface area contributed by atoms with Gasteiger partial charge in [-0.05, 0) is 18.8 Å². The van der Waals surface area contributed by atoms with Gasteiger partial charge in [0, 0.05) is 32.1 Å². The van der Waals surface area contributed by atoms with E-state index < -0.39 is 0 Å². The van der Waals surface area contributed by atoms with E-state index in [1.807, 2.05) is 4.90 Å². The van der Waals surface area contributed by atoms with Crippen LogP contribution in [0.2, 0.25) is 0 Å². The second-order valence-corrected chi connectivity index (χ2v) is 4.92. The number of hydrogen-bond acceptors (Lipinski definition) is 2. The summed E-state index contributed by atoms with van der Waals surface area (Å²) >= 11 is 0. The molecule has 0 spiro atoms. The zero-order valence-electron chi connectivity index (χ0n) is 10.3. The monoisotopic (exact) mass is 212 g/mol. The van der Waals surface area contributed by atoms with Gasteiger partial charge in [0.1, 0.15) is 0 Å². The van der Waals surface area contributed by atoms with Gasteiger partial charge in [-0.25, -0.2) is 0 Å². The Hall–Kier alpha value is -0.570. The maximum Gasteiger partial charge on any atom is 0.222 e. The number of likely N-dealkylation sites (tertiary alicyclic amines) is 1. The van der Waals surface area contributed by atoms with E-state index >= 15 is 0 Å². The average Bonchev–Trinajstić information content (AvgIpc) is 2.32. The van der Waals surface area contributed by atoms with Crippen LogP contribution in [-0.4, -0.2) is 36.5 Å². The van der Waals surface area contributed by atoms with Crippen molar-refractivity contribution in [2.24, 2.45) is 5.92 Å². The van der Waals surface area contributed by atoms with Crippen molar-refractivity contribution in [2.75, 3.05) is 19.6 Å². The van der Waals surface area contributed by atoms with Gasteiger partial charge in [0.2, 0.25) is 5.91 Å². The summed E-state index contributed by atoms with van der Waals surface area (Å²) in [5, 5.41) is 3.35. The van der Waals surface area contributed by atoms with Crippen LogP contribution in [0.15, 0.2) is 0 Å². The number of carbonyl (C=O) groups is 1. The Bertz CT molecular complexity index is 204. The highest BCUT2D eigenvalue weighted by molar-refractivity contribution is 5.76. The third-order valence-corrected chi connectivity index (χ3v) is 3.03. The fourth-order valence-corrected chi connectivity index (χ4v) is 1.90. The van der Waals surface area contributed by atoms with Gasteiger partial charge in [-0.3, -0.25) is 4.79 Å². The van der Waals surface area contributed by atoms with Gasteiger partial charge in [0.05, 0.1) is 0 Å². The molecule has 0 aromatic rings. The van der Waals surface area contributed by atoms with Gasteiger partial charge in [-0.15, -0.1) is 0 Å². The van der Waals surface area contributed by atoms with Crippen molar-refractivity contribution in [1.82, 2.24) is 10.2 Å². The van der Waals surface area contributed by atoms with Crippen molar-refractivity contribution < 1.29 is 4.79 Å². The van der Waals surface area contributed by atoms with Gasteiger partial charge >= 0.3 is 0 Å². The maximum atomic E-state index is 11.7. The van der Waals surface area contributed by atoms with E-state index in [9.17, 15) is 4.79 Å². The van der Waals surface area contributed by atoms with Crippen LogP contribution in [0.3, 0.4) is 0 Å². The lowest BCUT2D eigenvalue weighted by Gasteiger charge is -2.21. The van der Waals surface area contributed by atoms with Crippen molar-refractivity contribution in [3.63, 3.8) is 0 Å². The summed E-state index contributed by atoms with van der Waals surface area (Å²) in [5.41, 5.74) is 0. The molecule has 1 fully saturated rings. The molecule has 0 aromatic heterocycles. The molecule has 3 nitrogen and oxygen atoms in total. The van der Waals surface area contributed by atoms with Crippen LogP contribution in [0.4, 0.5) is 0 Å². The minimum absolute atomic E-state index is 0.338. The molecule has 3 heteroatoms. The number of carbonyl (C=O) groups excluding carboxylic acids is 1. The number of nitrogens with zero attached hydrogens (tertiary/aromatic N) is 1. The van der Waals surface area contributed by atoms with E-state index in [4.69, 9.17) is 0 Å². The highest BCUT2D eigenvalue weighted by Crippen LogP contribution is 2.16. The lowest BCUT2D eigenvalue weighted by atomic mass is 10.0. The molecule has 1 saturated heterocycles. The molecule has 1 aliphatic rings. The molecule has 15 heavy (non-hydrogen) atoms. The van der Waals surface area contributed by atoms with Crippen LogP contribution >= 0.6 is 0 Å². The first kappa shape index (κ1) is 12.5. The first-order chi connectivity index (χ1) is 7.09. The molecule has 1 N–H and O–H groups in total. The van der Waals surface area contributed by atoms with Crippen LogP contribution in [0.1, 0.15) is 40.0 Å². The van der Waals surface area contributed by atoms with E-state index in [-0.39, 0.29) is 0 Å². The molecule has 1 rings (SSSR count). The summed E-state index contributed by atoms with van der Waals surface area (Å²) in [4.78, 5) is 13.7. The van der Waals surface area contributed by atoms with Crippen LogP contribution in [0, 0.1) is 5.92 Å². The summed E-state index contributed by atoms with van der Waals surface area (Å²) in [6.45, 7) is 9.23. The zero-order chi connectivity index (χ0) is 11.3. The van der Waals surface area contributed by atoms with Crippen LogP contribution in [0.5, 0.6) is 0 Å². The highest BCUT2D eigenvalue weighted by Gasteiger charge is 2.19. The summed E-state index contributed by atoms with van der Waals surface area (Å²) in [6.07, 6.45) is 2.96. The topological polar surface area (TPSA) is 32.3 Å². The van der Waals surface area contributed by atoms with Gasteiger partial charge < -0.3 is 10.2 Å². The normalized spacial score (nSPS) is 23.3. The van der Waals surface area contributed by atoms with Gasteiger partial charge in [-0.2, -0.15) is 0 Å². The Morgan fingerprint density at radius 3 is 2.87 bits per heavy atom. The zero-order valence-corrected chi connectivity index (χ0v) is 10.3. The van der Waals surface area contributed by atoms with Crippen molar-refractivity contribution in [3.8, 4) is 0 Å². The van der Waals surface area contributed by atoms with Crippen LogP contribution < -0.4 is 5.32 Å². The molecule has 1 atom stereocenters. The SMILES string of the molecule is CC1CCC(=O)N(CCNC(C)C)CC1. The molecule has 1 unspecified atom stereocenters. The average molecular weight is 212 g/mol. The van der Waals surface area contributed by atoms with Crippen molar-refractivity contribution in [1.29, 1.82) is 0 Å². The molecule has 0 aromatic carbocycles. The summed E-state index contributed by atoms with van der Waals surface area (Å²) in [5.74, 6) is 1.04. The second-order valence-electron chi connectivity index (χ2n) is 4.92. The first-order valence-electron chi connectivity index (χ1n) is 6.10. The van der Waals surface area contributed by atoms with E-state index in [0.29, 0.717) is 17.9 Å². The number of nitrogens with one attached hydrogen (secondary N) is 1. The lowest BCUT2D eigenvalue weighted by Crippen LogP contribution is -2.38. The largest absolute Gasteiger partial charge is 0.341 e. The summed E-state index contributed by atoms with van der Waals surface area (Å²) in [7, 11) is 0. The van der Waals surface area contributed by atoms with Gasteiger partial charge in [0.25, 0.3) is 0 Å². The molecule has 0 aliphatic carbocycles. The smallest absolute Gasteiger partial charge is 0.222 e. The van der Waals surface area contributed by atoms with Gasteiger partial charge in [-0.1, -0.05) is 20.8 Å². The Labute approximate surface area is 93.2 Å². The molecule has 88 valence electrons. The van der Waals surface area contributed by atoms with Crippen molar-refractivity contribution in [2.45, 2.75) is 46.1 Å². The Morgan fingerprint density at radius 2 is 2.20 bits per heavy atom. The van der Waals surface area contributed by atoms with E-state index in [1.165, 1.54) is 0 Å². The standard InChI is InChI=1S/C12H24N2O/c1-10(2)13-7-9-14-8-6-11(3)4-5-12(14)15/h10-11,13H,4-9H2,1-3H3. The Morgan fingerprint density at radius 1 is 1.47 bits per heavy atom. The van der Waals surface area contributed by atoms with E-state index in [2.05, 4.69) is 26.1 Å². The second kappa shape index (κ2) is 6.11. The van der Waals surface area contributed by atoms with Crippen LogP contribution in [-0.2, 0) is 4.79 Å². The first-order valence-corrected chi connectivity index (χ1v) is 6.10. The maximum absolute atomic E-state index is 11.7. The summed E-state index contributed by atoms with van der Waals surface area (Å²) < 4.78 is 0. The molecule has 0 saturated carbocycles. The fourth-order valence-electron chi connectivity index (χ4n) is 1.90. The fraction of sp³-hybridized carbons (Fsp3) is 0.917. The molecule has 1 amide bonds. The predicted molar refractivity (Wildman–Crippen MR) is 62.7 cm³/mol. The minimum Gasteiger partial charge on any atom is -0.341 e. The molecular weight excluding hydrogens is 188 g/mol. The third kappa shape index (κ3) is 4.65. The molecule has 0 bridgehead atoms. The quantitative estimate of drug-likeness (QED) is 0.768. The predicted octanol–water partition coefficient (Wildman–Crippen LogP) is 1.63. The summed E-state index contributed by atoms with van der Waals surface area (Å²) in [6, 6.07) is 0.506. The Balaban J connectivity index is 2.29. The third-order valence-electron chi connectivity index (χ3n) is 3.03. The number of amides is 1. The van der Waals surface area contributed by atoms with Gasteiger partial charge in [0.15, 0.2) is 0 Å². The number of hydrogen-bond donors (Lipinski definition) is 1. The highest BCUT2D eigenvalue weighted by atomic mass is 16.2. The van der Waals surface area contributed by atoms with Crippen molar-refractivity contribution >= 4 is 5.91 Å². The molecular formula is C12H24N2O. The van der Waals surface area contributed by atoms with Crippen LogP contribution in [0.25, 0.3) is 0 Å². The van der Waals surface area contributed by atoms with E-state index in [0.717, 1.165) is 38.9 Å².